The summed E-state index contributed by atoms with van der Waals surface area (Å²) in [6.45, 7) is 7.27. The summed E-state index contributed by atoms with van der Waals surface area (Å²) in [6.07, 6.45) is 0.920. The molecule has 0 aliphatic carbocycles. The van der Waals surface area contributed by atoms with Gasteiger partial charge in [-0.2, -0.15) is 0 Å². The summed E-state index contributed by atoms with van der Waals surface area (Å²) in [4.78, 5) is 13.4. The van der Waals surface area contributed by atoms with Gasteiger partial charge in [-0.05, 0) is 12.3 Å². The number of alkyl halides is 1. The van der Waals surface area contributed by atoms with Crippen LogP contribution in [-0.2, 0) is 9.53 Å². The molecule has 0 aromatic heterocycles. The van der Waals surface area contributed by atoms with Gasteiger partial charge >= 0.3 is 0 Å². The van der Waals surface area contributed by atoms with Crippen molar-refractivity contribution in [3.05, 3.63) is 0 Å². The second-order valence-corrected chi connectivity index (χ2v) is 5.16. The maximum atomic E-state index is 11.5. The fraction of sp³-hybridized carbons (Fsp3) is 0.900. The number of rotatable bonds is 5. The molecular formula is C10H18BrNO2. The first-order valence-corrected chi connectivity index (χ1v) is 6.03. The molecule has 0 bridgehead atoms. The molecule has 82 valence electrons. The largest absolute Gasteiger partial charge is 0.379 e. The molecule has 1 fully saturated rings. The highest BCUT2D eigenvalue weighted by atomic mass is 79.9. The smallest absolute Gasteiger partial charge is 0.236 e. The number of hydrogen-bond acceptors (Lipinski definition) is 2. The SMILES string of the molecule is CC(C)COCCN1CCC(Br)C1=O. The molecule has 4 heteroatoms. The number of halogens is 1. The van der Waals surface area contributed by atoms with Crippen molar-refractivity contribution in [2.45, 2.75) is 25.1 Å². The Hall–Kier alpha value is -0.0900. The molecule has 0 spiro atoms. The van der Waals surface area contributed by atoms with Crippen molar-refractivity contribution in [2.24, 2.45) is 5.92 Å². The zero-order chi connectivity index (χ0) is 10.6. The fourth-order valence-corrected chi connectivity index (χ4v) is 1.91. The number of ether oxygens (including phenoxy) is 1. The van der Waals surface area contributed by atoms with Crippen LogP contribution in [0.4, 0.5) is 0 Å². The highest BCUT2D eigenvalue weighted by Crippen LogP contribution is 2.17. The summed E-state index contributed by atoms with van der Waals surface area (Å²) in [6, 6.07) is 0. The van der Waals surface area contributed by atoms with Crippen LogP contribution >= 0.6 is 15.9 Å². The van der Waals surface area contributed by atoms with Gasteiger partial charge in [0.1, 0.15) is 0 Å². The van der Waals surface area contributed by atoms with E-state index >= 15 is 0 Å². The molecule has 1 rings (SSSR count). The number of nitrogens with zero attached hydrogens (tertiary/aromatic N) is 1. The van der Waals surface area contributed by atoms with E-state index in [0.717, 1.165) is 26.1 Å². The van der Waals surface area contributed by atoms with Crippen LogP contribution in [0.2, 0.25) is 0 Å². The van der Waals surface area contributed by atoms with Gasteiger partial charge in [0.05, 0.1) is 11.4 Å². The summed E-state index contributed by atoms with van der Waals surface area (Å²) in [7, 11) is 0. The lowest BCUT2D eigenvalue weighted by atomic mass is 10.2. The molecule has 1 aliphatic rings. The number of carbonyl (C=O) groups is 1. The van der Waals surface area contributed by atoms with Gasteiger partial charge in [-0.3, -0.25) is 4.79 Å². The first-order chi connectivity index (χ1) is 6.61. The van der Waals surface area contributed by atoms with Gasteiger partial charge in [-0.15, -0.1) is 0 Å². The van der Waals surface area contributed by atoms with E-state index < -0.39 is 0 Å². The summed E-state index contributed by atoms with van der Waals surface area (Å²) >= 11 is 3.34. The van der Waals surface area contributed by atoms with Crippen molar-refractivity contribution < 1.29 is 9.53 Å². The minimum atomic E-state index is 0.0348. The second kappa shape index (κ2) is 5.71. The van der Waals surface area contributed by atoms with Gasteiger partial charge in [-0.1, -0.05) is 29.8 Å². The van der Waals surface area contributed by atoms with E-state index in [4.69, 9.17) is 4.74 Å². The maximum Gasteiger partial charge on any atom is 0.236 e. The Balaban J connectivity index is 2.10. The lowest BCUT2D eigenvalue weighted by Gasteiger charge is -2.16. The molecule has 1 aliphatic heterocycles. The van der Waals surface area contributed by atoms with Crippen molar-refractivity contribution in [2.75, 3.05) is 26.3 Å². The van der Waals surface area contributed by atoms with Crippen molar-refractivity contribution in [3.8, 4) is 0 Å². The molecule has 0 saturated carbocycles. The molecule has 0 aromatic rings. The summed E-state index contributed by atoms with van der Waals surface area (Å²) in [5.74, 6) is 0.770. The number of carbonyl (C=O) groups excluding carboxylic acids is 1. The Bertz CT molecular complexity index is 197. The van der Waals surface area contributed by atoms with Gasteiger partial charge in [-0.25, -0.2) is 0 Å². The molecule has 0 aromatic carbocycles. The zero-order valence-electron chi connectivity index (χ0n) is 8.83. The van der Waals surface area contributed by atoms with Gasteiger partial charge in [0, 0.05) is 19.7 Å². The fourth-order valence-electron chi connectivity index (χ4n) is 1.42. The van der Waals surface area contributed by atoms with Crippen LogP contribution in [0.15, 0.2) is 0 Å². The number of likely N-dealkylation sites (tertiary alicyclic amines) is 1. The standard InChI is InChI=1S/C10H18BrNO2/c1-8(2)7-14-6-5-12-4-3-9(11)10(12)13/h8-9H,3-7H2,1-2H3. The first kappa shape index (κ1) is 12.0. The molecular weight excluding hydrogens is 246 g/mol. The Morgan fingerprint density at radius 2 is 2.36 bits per heavy atom. The quantitative estimate of drug-likeness (QED) is 0.558. The monoisotopic (exact) mass is 263 g/mol. The van der Waals surface area contributed by atoms with Crippen LogP contribution in [-0.4, -0.2) is 41.9 Å². The molecule has 14 heavy (non-hydrogen) atoms. The van der Waals surface area contributed by atoms with E-state index in [-0.39, 0.29) is 10.7 Å². The molecule has 1 unspecified atom stereocenters. The molecule has 1 heterocycles. The summed E-state index contributed by atoms with van der Waals surface area (Å²) in [5, 5.41) is 0. The number of hydrogen-bond donors (Lipinski definition) is 0. The highest BCUT2D eigenvalue weighted by Gasteiger charge is 2.28. The predicted molar refractivity (Wildman–Crippen MR) is 59.6 cm³/mol. The Kier molecular flexibility index (Phi) is 4.89. The van der Waals surface area contributed by atoms with Crippen molar-refractivity contribution in [1.29, 1.82) is 0 Å². The summed E-state index contributed by atoms with van der Waals surface area (Å²) < 4.78 is 5.43. The van der Waals surface area contributed by atoms with Gasteiger partial charge in [0.2, 0.25) is 5.91 Å². The van der Waals surface area contributed by atoms with Crippen LogP contribution in [0.1, 0.15) is 20.3 Å². The predicted octanol–water partition coefficient (Wildman–Crippen LogP) is 1.65. The Morgan fingerprint density at radius 1 is 1.64 bits per heavy atom. The average Bonchev–Trinajstić information content (AvgIpc) is 2.43. The van der Waals surface area contributed by atoms with E-state index in [2.05, 4.69) is 29.8 Å². The highest BCUT2D eigenvalue weighted by molar-refractivity contribution is 9.10. The second-order valence-electron chi connectivity index (χ2n) is 4.05. The van der Waals surface area contributed by atoms with Crippen molar-refractivity contribution in [1.82, 2.24) is 4.90 Å². The van der Waals surface area contributed by atoms with E-state index in [1.807, 2.05) is 4.90 Å². The van der Waals surface area contributed by atoms with E-state index in [1.165, 1.54) is 0 Å². The van der Waals surface area contributed by atoms with Crippen LogP contribution in [0.5, 0.6) is 0 Å². The average molecular weight is 264 g/mol. The molecule has 3 nitrogen and oxygen atoms in total. The van der Waals surface area contributed by atoms with Crippen molar-refractivity contribution >= 4 is 21.8 Å². The lowest BCUT2D eigenvalue weighted by molar-refractivity contribution is -0.127. The van der Waals surface area contributed by atoms with Crippen molar-refractivity contribution in [3.63, 3.8) is 0 Å². The van der Waals surface area contributed by atoms with Crippen LogP contribution in [0.3, 0.4) is 0 Å². The van der Waals surface area contributed by atoms with Gasteiger partial charge < -0.3 is 9.64 Å². The minimum absolute atomic E-state index is 0.0348. The normalized spacial score (nSPS) is 22.4. The third kappa shape index (κ3) is 3.58. The lowest BCUT2D eigenvalue weighted by Crippen LogP contribution is -2.31. The maximum absolute atomic E-state index is 11.5. The molecule has 0 radical (unpaired) electrons. The Morgan fingerprint density at radius 3 is 2.86 bits per heavy atom. The van der Waals surface area contributed by atoms with Gasteiger partial charge in [0.25, 0.3) is 0 Å². The van der Waals surface area contributed by atoms with E-state index in [9.17, 15) is 4.79 Å². The van der Waals surface area contributed by atoms with Gasteiger partial charge in [0.15, 0.2) is 0 Å². The van der Waals surface area contributed by atoms with E-state index in [1.54, 1.807) is 0 Å². The first-order valence-electron chi connectivity index (χ1n) is 5.12. The van der Waals surface area contributed by atoms with Crippen LogP contribution < -0.4 is 0 Å². The van der Waals surface area contributed by atoms with E-state index in [0.29, 0.717) is 12.5 Å². The molecule has 0 N–H and O–H groups in total. The molecule has 1 atom stereocenters. The summed E-state index contributed by atoms with van der Waals surface area (Å²) in [5.41, 5.74) is 0. The molecule has 1 saturated heterocycles. The minimum Gasteiger partial charge on any atom is -0.379 e. The number of amides is 1. The third-order valence-corrected chi connectivity index (χ3v) is 3.04. The van der Waals surface area contributed by atoms with Crippen LogP contribution in [0, 0.1) is 5.92 Å². The molecule has 1 amide bonds. The Labute approximate surface area is 93.9 Å². The topological polar surface area (TPSA) is 29.5 Å². The third-order valence-electron chi connectivity index (χ3n) is 2.19. The zero-order valence-corrected chi connectivity index (χ0v) is 10.4. The van der Waals surface area contributed by atoms with Crippen LogP contribution in [0.25, 0.3) is 0 Å².